The maximum Gasteiger partial charge on any atom is 0.329 e. The van der Waals surface area contributed by atoms with Gasteiger partial charge in [0.15, 0.2) is 0 Å². The second-order valence-electron chi connectivity index (χ2n) is 19.4. The number of ketones is 2. The number of piperidine rings is 1. The first-order valence-electron chi connectivity index (χ1n) is 24.2. The number of rotatable bonds is 11. The van der Waals surface area contributed by atoms with Crippen LogP contribution in [0, 0.1) is 29.6 Å². The molecule has 15 unspecified atom stereocenters. The summed E-state index contributed by atoms with van der Waals surface area (Å²) in [6.07, 6.45) is 0.518. The van der Waals surface area contributed by atoms with E-state index in [1.807, 2.05) is 50.3 Å². The van der Waals surface area contributed by atoms with Gasteiger partial charge in [-0.2, -0.15) is 0 Å². The second-order valence-corrected chi connectivity index (χ2v) is 19.4. The molecule has 14 nitrogen and oxygen atoms in total. The number of cyclic esters (lactones) is 1. The summed E-state index contributed by atoms with van der Waals surface area (Å²) in [7, 11) is 2.89. The van der Waals surface area contributed by atoms with E-state index in [9.17, 15) is 29.4 Å². The lowest BCUT2D eigenvalue weighted by Gasteiger charge is -2.47. The standard InChI is InChI=1S/C51H77FN2O12/c1-9-37-24-30(2)45(52)31(3)25-43(61-7)47-44(62-8)26-33(5)51(60,66-47)48(57)49(58)54-20-14-13-17-39(54)50(59)65-46(34(6)40(55)28-41(37)56)32(4)23-36-18-19-38(53)42(27-36)64-22-21-63-29-35-15-11-10-12-16-35/h10-12,15-16,23-24,31,33-34,36-40,42-47,55,60H,9,13-14,17-22,25-29,53H2,1-8H3. The van der Waals surface area contributed by atoms with Crippen molar-refractivity contribution in [3.63, 3.8) is 0 Å². The number of carbonyl (C=O) groups excluding carboxylic acids is 4. The van der Waals surface area contributed by atoms with E-state index in [-0.39, 0.29) is 56.1 Å². The number of carbonyl (C=O) groups is 4. The van der Waals surface area contributed by atoms with Gasteiger partial charge in [-0.1, -0.05) is 70.2 Å². The van der Waals surface area contributed by atoms with E-state index in [1.54, 1.807) is 33.8 Å². The zero-order valence-electron chi connectivity index (χ0n) is 40.4. The van der Waals surface area contributed by atoms with E-state index < -0.39 is 89.9 Å². The molecule has 4 aliphatic rings. The lowest BCUT2D eigenvalue weighted by atomic mass is 9.81. The van der Waals surface area contributed by atoms with Crippen molar-refractivity contribution >= 4 is 23.4 Å². The molecular formula is C51H77FN2O12. The van der Waals surface area contributed by atoms with Crippen molar-refractivity contribution in [1.82, 2.24) is 4.90 Å². The molecule has 1 aromatic carbocycles. The van der Waals surface area contributed by atoms with Crippen LogP contribution in [0.3, 0.4) is 0 Å². The number of nitrogens with two attached hydrogens (primary N) is 1. The van der Waals surface area contributed by atoms with Crippen molar-refractivity contribution in [2.45, 2.75) is 173 Å². The number of alkyl halides is 1. The fourth-order valence-corrected chi connectivity index (χ4v) is 10.3. The monoisotopic (exact) mass is 929 g/mol. The van der Waals surface area contributed by atoms with Crippen LogP contribution in [0.1, 0.15) is 111 Å². The highest BCUT2D eigenvalue weighted by molar-refractivity contribution is 6.39. The Balaban J connectivity index is 1.45. The van der Waals surface area contributed by atoms with Gasteiger partial charge in [0, 0.05) is 51.0 Å². The molecule has 0 spiro atoms. The summed E-state index contributed by atoms with van der Waals surface area (Å²) in [5.74, 6) is -9.10. The minimum absolute atomic E-state index is 0.0219. The number of esters is 1. The third-order valence-corrected chi connectivity index (χ3v) is 14.6. The molecule has 2 bridgehead atoms. The maximum absolute atomic E-state index is 16.3. The Labute approximate surface area is 391 Å². The molecule has 0 radical (unpaired) electrons. The second kappa shape index (κ2) is 24.7. The van der Waals surface area contributed by atoms with E-state index in [4.69, 9.17) is 34.2 Å². The van der Waals surface area contributed by atoms with Gasteiger partial charge < -0.3 is 49.3 Å². The van der Waals surface area contributed by atoms with Gasteiger partial charge in [-0.15, -0.1) is 0 Å². The highest BCUT2D eigenvalue weighted by Crippen LogP contribution is 2.39. The molecule has 1 amide bonds. The molecule has 1 aromatic rings. The van der Waals surface area contributed by atoms with Crippen molar-refractivity contribution in [3.05, 3.63) is 59.2 Å². The van der Waals surface area contributed by atoms with Crippen molar-refractivity contribution < 1.29 is 62.2 Å². The summed E-state index contributed by atoms with van der Waals surface area (Å²) in [6, 6.07) is 8.51. The van der Waals surface area contributed by atoms with Crippen LogP contribution in [0.2, 0.25) is 0 Å². The molecule has 15 atom stereocenters. The van der Waals surface area contributed by atoms with E-state index in [1.165, 1.54) is 14.2 Å². The highest BCUT2D eigenvalue weighted by atomic mass is 19.1. The van der Waals surface area contributed by atoms with E-state index in [0.29, 0.717) is 63.1 Å². The van der Waals surface area contributed by atoms with Crippen LogP contribution in [0.4, 0.5) is 4.39 Å². The van der Waals surface area contributed by atoms with E-state index in [0.717, 1.165) is 16.9 Å². The largest absolute Gasteiger partial charge is 0.456 e. The number of hydrogen-bond donors (Lipinski definition) is 3. The maximum atomic E-state index is 16.3. The number of benzene rings is 1. The number of allylic oxidation sites excluding steroid dienone is 3. The normalized spacial score (nSPS) is 37.4. The molecule has 15 heteroatoms. The molecule has 5 rings (SSSR count). The molecule has 0 aromatic heterocycles. The molecule has 3 fully saturated rings. The van der Waals surface area contributed by atoms with Gasteiger partial charge in [-0.25, -0.2) is 9.18 Å². The predicted octanol–water partition coefficient (Wildman–Crippen LogP) is 5.97. The predicted molar refractivity (Wildman–Crippen MR) is 245 cm³/mol. The van der Waals surface area contributed by atoms with E-state index in [2.05, 4.69) is 0 Å². The smallest absolute Gasteiger partial charge is 0.329 e. The van der Waals surface area contributed by atoms with Crippen molar-refractivity contribution in [2.75, 3.05) is 34.0 Å². The Kier molecular flexibility index (Phi) is 20.1. The number of aliphatic hydroxyl groups excluding tert-OH is 1. The van der Waals surface area contributed by atoms with Gasteiger partial charge in [-0.3, -0.25) is 14.4 Å². The third-order valence-electron chi connectivity index (χ3n) is 14.6. The molecule has 370 valence electrons. The van der Waals surface area contributed by atoms with Crippen LogP contribution in [-0.4, -0.2) is 133 Å². The van der Waals surface area contributed by atoms with Crippen LogP contribution in [-0.2, 0) is 54.2 Å². The first-order valence-corrected chi connectivity index (χ1v) is 24.2. The fourth-order valence-electron chi connectivity index (χ4n) is 10.3. The average molecular weight is 929 g/mol. The van der Waals surface area contributed by atoms with Crippen LogP contribution in [0.5, 0.6) is 0 Å². The van der Waals surface area contributed by atoms with E-state index >= 15 is 4.39 Å². The summed E-state index contributed by atoms with van der Waals surface area (Å²) < 4.78 is 52.5. The number of Topliss-reactive ketones (excluding diaryl/α,β-unsaturated/α-hetero) is 2. The number of aliphatic hydroxyl groups is 2. The van der Waals surface area contributed by atoms with Crippen LogP contribution >= 0.6 is 0 Å². The number of methoxy groups -OCH3 is 2. The van der Waals surface area contributed by atoms with Gasteiger partial charge in [0.1, 0.15) is 30.2 Å². The van der Waals surface area contributed by atoms with Gasteiger partial charge in [-0.05, 0) is 100 Å². The summed E-state index contributed by atoms with van der Waals surface area (Å²) >= 11 is 0. The Morgan fingerprint density at radius 2 is 1.67 bits per heavy atom. The van der Waals surface area contributed by atoms with Gasteiger partial charge >= 0.3 is 5.97 Å². The molecular weight excluding hydrogens is 852 g/mol. The first kappa shape index (κ1) is 53.5. The van der Waals surface area contributed by atoms with Crippen molar-refractivity contribution in [3.8, 4) is 0 Å². The lowest BCUT2D eigenvalue weighted by molar-refractivity contribution is -0.302. The molecule has 1 saturated carbocycles. The fraction of sp³-hybridized carbons (Fsp3) is 0.725. The van der Waals surface area contributed by atoms with Crippen molar-refractivity contribution in [1.29, 1.82) is 0 Å². The SMILES string of the molecule is CCC1C=C(C)C(F)C(C)CC(OC)C2OC(O)(C(=O)C(=O)N3CCCCC3C(=O)OC(C(C)=CC3CCC(N)C(OCCOCc4ccccc4)C3)C(C)C(O)CC1=O)C(C)CC2OC. The molecule has 1 aliphatic carbocycles. The molecule has 66 heavy (non-hydrogen) atoms. The van der Waals surface area contributed by atoms with Crippen LogP contribution < -0.4 is 5.73 Å². The number of fused-ring (bicyclic) bond motifs is 3. The average Bonchev–Trinajstić information content (AvgIpc) is 3.31. The Bertz CT molecular complexity index is 1830. The zero-order valence-corrected chi connectivity index (χ0v) is 40.4. The van der Waals surface area contributed by atoms with Crippen LogP contribution in [0.15, 0.2) is 53.6 Å². The zero-order chi connectivity index (χ0) is 48.3. The number of hydrogen-bond acceptors (Lipinski definition) is 13. The Hall–Kier alpha value is -3.41. The van der Waals surface area contributed by atoms with Crippen molar-refractivity contribution in [2.24, 2.45) is 35.3 Å². The minimum atomic E-state index is -2.61. The number of amides is 1. The number of ether oxygens (including phenoxy) is 6. The summed E-state index contributed by atoms with van der Waals surface area (Å²) in [5.41, 5.74) is 8.58. The molecule has 3 aliphatic heterocycles. The number of halogens is 1. The van der Waals surface area contributed by atoms with Gasteiger partial charge in [0.25, 0.3) is 11.7 Å². The lowest BCUT2D eigenvalue weighted by Crippen LogP contribution is -2.64. The molecule has 2 saturated heterocycles. The van der Waals surface area contributed by atoms with Crippen LogP contribution in [0.25, 0.3) is 0 Å². The topological polar surface area (TPSA) is 193 Å². The summed E-state index contributed by atoms with van der Waals surface area (Å²) in [5, 5.41) is 23.9. The quantitative estimate of drug-likeness (QED) is 0.102. The van der Waals surface area contributed by atoms with Gasteiger partial charge in [0.2, 0.25) is 5.79 Å². The minimum Gasteiger partial charge on any atom is -0.456 e. The highest BCUT2D eigenvalue weighted by Gasteiger charge is 2.57. The third kappa shape index (κ3) is 13.2. The summed E-state index contributed by atoms with van der Waals surface area (Å²) in [6.45, 7) is 11.5. The first-order chi connectivity index (χ1) is 31.4. The van der Waals surface area contributed by atoms with Gasteiger partial charge in [0.05, 0.1) is 44.2 Å². The Morgan fingerprint density at radius 1 is 0.970 bits per heavy atom. The summed E-state index contributed by atoms with van der Waals surface area (Å²) in [4.78, 5) is 58.3. The number of nitrogens with zero attached hydrogens (tertiary/aromatic N) is 1. The Morgan fingerprint density at radius 3 is 2.35 bits per heavy atom. The molecule has 3 heterocycles. The molecule has 4 N–H and O–H groups in total.